The lowest BCUT2D eigenvalue weighted by Gasteiger charge is -2.23. The predicted octanol–water partition coefficient (Wildman–Crippen LogP) is 2.67. The summed E-state index contributed by atoms with van der Waals surface area (Å²) in [6.07, 6.45) is 7.14. The first kappa shape index (κ1) is 19.4. The van der Waals surface area contributed by atoms with Gasteiger partial charge < -0.3 is 11.1 Å². The van der Waals surface area contributed by atoms with Crippen molar-refractivity contribution in [3.05, 3.63) is 45.9 Å². The molecule has 3 heterocycles. The summed E-state index contributed by atoms with van der Waals surface area (Å²) < 4.78 is 3.32. The molecule has 0 aliphatic heterocycles. The summed E-state index contributed by atoms with van der Waals surface area (Å²) in [5, 5.41) is 3.50. The fourth-order valence-electron chi connectivity index (χ4n) is 4.29. The van der Waals surface area contributed by atoms with E-state index in [1.165, 1.54) is 10.8 Å². The number of amides is 1. The third-order valence-electron chi connectivity index (χ3n) is 5.82. The molecule has 0 atom stereocenters. The molecule has 152 valence electrons. The number of nitrogens with two attached hydrogens (primary N) is 1. The first-order valence-electron chi connectivity index (χ1n) is 10.3. The van der Waals surface area contributed by atoms with E-state index < -0.39 is 0 Å². The largest absolute Gasteiger partial charge is 0.349 e. The number of pyridine rings is 2. The Bertz CT molecular complexity index is 1160. The van der Waals surface area contributed by atoms with Crippen LogP contribution in [0, 0.1) is 6.92 Å². The third-order valence-corrected chi connectivity index (χ3v) is 5.82. The summed E-state index contributed by atoms with van der Waals surface area (Å²) >= 11 is 0. The minimum atomic E-state index is -0.223. The summed E-state index contributed by atoms with van der Waals surface area (Å²) in [7, 11) is 0. The Labute approximate surface area is 169 Å². The van der Waals surface area contributed by atoms with Gasteiger partial charge in [-0.3, -0.25) is 14.0 Å². The summed E-state index contributed by atoms with van der Waals surface area (Å²) in [5.41, 5.74) is 8.58. The molecular weight excluding hydrogens is 366 g/mol. The summed E-state index contributed by atoms with van der Waals surface area (Å²) in [6, 6.07) is 5.45. The lowest BCUT2D eigenvalue weighted by atomic mass is 9.95. The highest BCUT2D eigenvalue weighted by molar-refractivity contribution is 6.00. The minimum absolute atomic E-state index is 0.0571. The molecule has 0 unspecified atom stereocenters. The second-order valence-electron chi connectivity index (χ2n) is 8.25. The quantitative estimate of drug-likeness (QED) is 0.528. The molecule has 0 aromatic carbocycles. The number of aryl methyl sites for hydroxylation is 1. The Kier molecular flexibility index (Phi) is 4.98. The molecule has 4 rings (SSSR count). The second-order valence-corrected chi connectivity index (χ2v) is 8.25. The van der Waals surface area contributed by atoms with Gasteiger partial charge in [0.2, 0.25) is 11.5 Å². The number of hydrogen-bond donors (Lipinski definition) is 2. The first-order chi connectivity index (χ1) is 13.9. The van der Waals surface area contributed by atoms with Gasteiger partial charge in [-0.1, -0.05) is 30.3 Å². The monoisotopic (exact) mass is 394 g/mol. The molecule has 0 saturated heterocycles. The number of carbonyl (C=O) groups excluding carboxylic acids is 1. The van der Waals surface area contributed by atoms with Crippen molar-refractivity contribution in [2.45, 2.75) is 65.0 Å². The normalized spacial score (nSPS) is 15.3. The van der Waals surface area contributed by atoms with Crippen LogP contribution in [0.4, 0.5) is 5.82 Å². The molecule has 1 saturated carbocycles. The number of carbonyl (C=O) groups is 1. The van der Waals surface area contributed by atoms with E-state index in [1.54, 1.807) is 16.8 Å². The Hall–Kier alpha value is -2.96. The van der Waals surface area contributed by atoms with Gasteiger partial charge in [0.05, 0.1) is 6.04 Å². The van der Waals surface area contributed by atoms with Crippen molar-refractivity contribution < 1.29 is 9.36 Å². The van der Waals surface area contributed by atoms with E-state index in [0.717, 1.165) is 31.2 Å². The van der Waals surface area contributed by atoms with Gasteiger partial charge in [0, 0.05) is 17.8 Å². The number of nitrogens with one attached hydrogen (secondary N) is 1. The van der Waals surface area contributed by atoms with Crippen LogP contribution in [-0.2, 0) is 0 Å². The van der Waals surface area contributed by atoms with Crippen LogP contribution in [0.3, 0.4) is 0 Å². The van der Waals surface area contributed by atoms with Gasteiger partial charge in [0.1, 0.15) is 10.9 Å². The minimum Gasteiger partial charge on any atom is -0.349 e. The van der Waals surface area contributed by atoms with Crippen LogP contribution in [0.1, 0.15) is 67.9 Å². The Morgan fingerprint density at radius 1 is 1.31 bits per heavy atom. The second kappa shape index (κ2) is 7.46. The van der Waals surface area contributed by atoms with Crippen molar-refractivity contribution in [2.24, 2.45) is 0 Å². The van der Waals surface area contributed by atoms with Gasteiger partial charge in [-0.2, -0.15) is 0 Å². The molecular formula is C22H28N5O2+. The lowest BCUT2D eigenvalue weighted by molar-refractivity contribution is -0.679. The van der Waals surface area contributed by atoms with E-state index in [4.69, 9.17) is 10.7 Å². The van der Waals surface area contributed by atoms with Crippen molar-refractivity contribution in [2.75, 3.05) is 5.73 Å². The number of nitrogen functional groups attached to an aromatic ring is 1. The lowest BCUT2D eigenvalue weighted by Crippen LogP contribution is -2.45. The van der Waals surface area contributed by atoms with E-state index in [-0.39, 0.29) is 23.6 Å². The average Bonchev–Trinajstić information content (AvgIpc) is 2.69. The van der Waals surface area contributed by atoms with Crippen LogP contribution in [0.15, 0.2) is 29.2 Å². The molecule has 3 aromatic rings. The molecule has 1 fully saturated rings. The summed E-state index contributed by atoms with van der Waals surface area (Å²) in [4.78, 5) is 31.0. The maximum atomic E-state index is 13.2. The Morgan fingerprint density at radius 3 is 2.72 bits per heavy atom. The maximum absolute atomic E-state index is 13.2. The number of aromatic nitrogens is 3. The first-order valence-corrected chi connectivity index (χ1v) is 10.3. The number of nitrogens with zero attached hydrogens (tertiary/aromatic N) is 3. The van der Waals surface area contributed by atoms with Gasteiger partial charge in [0.25, 0.3) is 17.1 Å². The van der Waals surface area contributed by atoms with Gasteiger partial charge in [-0.05, 0) is 45.7 Å². The fourth-order valence-corrected chi connectivity index (χ4v) is 4.29. The molecule has 3 aromatic heterocycles. The zero-order valence-corrected chi connectivity index (χ0v) is 17.2. The van der Waals surface area contributed by atoms with Gasteiger partial charge in [-0.15, -0.1) is 0 Å². The van der Waals surface area contributed by atoms with Crippen molar-refractivity contribution >= 4 is 28.4 Å². The standard InChI is InChI=1S/C22H27N5O2/c1-13(2)27-18(23)16(21(28)24-15-9-5-4-6-10-15)12-17-20(27)25-19-14(3)8-7-11-26(19)22(17)29/h7-8,11-13,15,23H,4-6,9-10H2,1-3H3,(H,24,28)/p+1. The SMILES string of the molecule is Cc1cccn2c(=O)c3cc(C(=O)NC4CCCCC4)c(N)[n+](C(C)C)c3nc12. The van der Waals surface area contributed by atoms with E-state index in [1.807, 2.05) is 32.9 Å². The maximum Gasteiger partial charge on any atom is 0.278 e. The van der Waals surface area contributed by atoms with Crippen molar-refractivity contribution in [3.8, 4) is 0 Å². The van der Waals surface area contributed by atoms with Crippen molar-refractivity contribution in [1.29, 1.82) is 0 Å². The average molecular weight is 394 g/mol. The van der Waals surface area contributed by atoms with Gasteiger partial charge in [0.15, 0.2) is 0 Å². The zero-order chi connectivity index (χ0) is 20.7. The molecule has 1 aliphatic carbocycles. The molecule has 0 bridgehead atoms. The van der Waals surface area contributed by atoms with E-state index in [2.05, 4.69) is 5.32 Å². The Balaban J connectivity index is 1.93. The number of rotatable bonds is 3. The van der Waals surface area contributed by atoms with Crippen molar-refractivity contribution in [3.63, 3.8) is 0 Å². The molecule has 3 N–H and O–H groups in total. The Morgan fingerprint density at radius 2 is 2.03 bits per heavy atom. The molecule has 0 radical (unpaired) electrons. The van der Waals surface area contributed by atoms with E-state index in [9.17, 15) is 9.59 Å². The van der Waals surface area contributed by atoms with Crippen LogP contribution >= 0.6 is 0 Å². The van der Waals surface area contributed by atoms with Gasteiger partial charge >= 0.3 is 0 Å². The van der Waals surface area contributed by atoms with Crippen LogP contribution in [0.2, 0.25) is 0 Å². The third kappa shape index (κ3) is 3.34. The molecule has 7 heteroatoms. The fraction of sp³-hybridized carbons (Fsp3) is 0.455. The topological polar surface area (TPSA) is 93.4 Å². The van der Waals surface area contributed by atoms with Crippen LogP contribution in [0.25, 0.3) is 16.7 Å². The van der Waals surface area contributed by atoms with Crippen LogP contribution < -0.4 is 21.2 Å². The number of anilines is 1. The highest BCUT2D eigenvalue weighted by Gasteiger charge is 2.27. The molecule has 1 amide bonds. The smallest absolute Gasteiger partial charge is 0.278 e. The number of fused-ring (bicyclic) bond motifs is 2. The van der Waals surface area contributed by atoms with Crippen molar-refractivity contribution in [1.82, 2.24) is 14.7 Å². The highest BCUT2D eigenvalue weighted by Crippen LogP contribution is 2.21. The van der Waals surface area contributed by atoms with Crippen LogP contribution in [0.5, 0.6) is 0 Å². The summed E-state index contributed by atoms with van der Waals surface area (Å²) in [5.74, 6) is 0.116. The molecule has 0 spiro atoms. The predicted molar refractivity (Wildman–Crippen MR) is 113 cm³/mol. The number of hydrogen-bond acceptors (Lipinski definition) is 4. The molecule has 29 heavy (non-hydrogen) atoms. The van der Waals surface area contributed by atoms with E-state index in [0.29, 0.717) is 28.1 Å². The van der Waals surface area contributed by atoms with Crippen LogP contribution in [-0.4, -0.2) is 21.3 Å². The molecule has 7 nitrogen and oxygen atoms in total. The highest BCUT2D eigenvalue weighted by atomic mass is 16.2. The summed E-state index contributed by atoms with van der Waals surface area (Å²) in [6.45, 7) is 5.86. The zero-order valence-electron chi connectivity index (χ0n) is 17.2. The molecule has 1 aliphatic rings. The van der Waals surface area contributed by atoms with E-state index >= 15 is 0 Å². The van der Waals surface area contributed by atoms with Gasteiger partial charge in [-0.25, -0.2) is 4.57 Å².